The lowest BCUT2D eigenvalue weighted by atomic mass is 9.83. The third-order valence-corrected chi connectivity index (χ3v) is 3.01. The van der Waals surface area contributed by atoms with Crippen LogP contribution in [0.15, 0.2) is 42.1 Å². The Hall–Kier alpha value is -1.54. The van der Waals surface area contributed by atoms with Gasteiger partial charge < -0.3 is 11.5 Å². The van der Waals surface area contributed by atoms with Crippen LogP contribution in [-0.4, -0.2) is 0 Å². The van der Waals surface area contributed by atoms with Gasteiger partial charge in [-0.25, -0.2) is 0 Å². The van der Waals surface area contributed by atoms with Crippen molar-refractivity contribution in [3.63, 3.8) is 0 Å². The summed E-state index contributed by atoms with van der Waals surface area (Å²) < 4.78 is 0. The first-order chi connectivity index (χ1) is 7.49. The van der Waals surface area contributed by atoms with Gasteiger partial charge in [0.2, 0.25) is 0 Å². The molecule has 4 N–H and O–H groups in total. The minimum atomic E-state index is -0.403. The lowest BCUT2D eigenvalue weighted by Gasteiger charge is -2.28. The molecule has 0 amide bonds. The van der Waals surface area contributed by atoms with Crippen LogP contribution in [0.25, 0.3) is 0 Å². The molecular formula is C14H18N2. The Balaban J connectivity index is 2.41. The van der Waals surface area contributed by atoms with Crippen LogP contribution in [0.4, 0.5) is 0 Å². The summed E-state index contributed by atoms with van der Waals surface area (Å²) in [4.78, 5) is 0. The van der Waals surface area contributed by atoms with Gasteiger partial charge in [-0.1, -0.05) is 41.5 Å². The van der Waals surface area contributed by atoms with Gasteiger partial charge in [-0.2, -0.15) is 0 Å². The Morgan fingerprint density at radius 2 is 1.75 bits per heavy atom. The molecule has 1 unspecified atom stereocenters. The average Bonchev–Trinajstić information content (AvgIpc) is 2.21. The van der Waals surface area contributed by atoms with E-state index in [9.17, 15) is 0 Å². The van der Waals surface area contributed by atoms with Gasteiger partial charge >= 0.3 is 0 Å². The van der Waals surface area contributed by atoms with Gasteiger partial charge in [0.1, 0.15) is 0 Å². The van der Waals surface area contributed by atoms with Crippen LogP contribution < -0.4 is 11.5 Å². The van der Waals surface area contributed by atoms with E-state index in [1.165, 1.54) is 11.1 Å². The molecule has 0 aromatic heterocycles. The van der Waals surface area contributed by atoms with Crippen molar-refractivity contribution in [2.24, 2.45) is 11.5 Å². The first-order valence-electron chi connectivity index (χ1n) is 5.52. The van der Waals surface area contributed by atoms with E-state index in [0.717, 1.165) is 17.7 Å². The van der Waals surface area contributed by atoms with Crippen LogP contribution >= 0.6 is 0 Å². The SMILES string of the molecule is Cc1cc(C)cc(C2(N)C=CC(N)=CC2)c1. The van der Waals surface area contributed by atoms with Gasteiger partial charge in [0.05, 0.1) is 5.54 Å². The van der Waals surface area contributed by atoms with Gasteiger partial charge in [-0.15, -0.1) is 0 Å². The number of nitrogens with two attached hydrogens (primary N) is 2. The third kappa shape index (κ3) is 2.02. The fourth-order valence-corrected chi connectivity index (χ4v) is 2.13. The maximum Gasteiger partial charge on any atom is 0.0635 e. The van der Waals surface area contributed by atoms with E-state index in [-0.39, 0.29) is 0 Å². The van der Waals surface area contributed by atoms with E-state index >= 15 is 0 Å². The molecule has 2 nitrogen and oxygen atoms in total. The molecule has 1 aliphatic carbocycles. The lowest BCUT2D eigenvalue weighted by molar-refractivity contribution is 0.561. The number of hydrogen-bond donors (Lipinski definition) is 2. The summed E-state index contributed by atoms with van der Waals surface area (Å²) >= 11 is 0. The standard InChI is InChI=1S/C14H18N2/c1-10-7-11(2)9-12(8-10)14(16)5-3-13(15)4-6-14/h3-5,7-9H,6,15-16H2,1-2H3. The van der Waals surface area contributed by atoms with E-state index in [2.05, 4.69) is 32.0 Å². The molecule has 0 aliphatic heterocycles. The Bertz CT molecular complexity index is 451. The number of hydrogen-bond acceptors (Lipinski definition) is 2. The first-order valence-corrected chi connectivity index (χ1v) is 5.52. The van der Waals surface area contributed by atoms with E-state index < -0.39 is 5.54 Å². The Morgan fingerprint density at radius 3 is 2.25 bits per heavy atom. The second kappa shape index (κ2) is 3.80. The summed E-state index contributed by atoms with van der Waals surface area (Å²) in [6.07, 6.45) is 6.63. The molecule has 0 spiro atoms. The van der Waals surface area contributed by atoms with Crippen molar-refractivity contribution in [3.05, 3.63) is 58.8 Å². The smallest absolute Gasteiger partial charge is 0.0635 e. The van der Waals surface area contributed by atoms with Crippen LogP contribution in [0.1, 0.15) is 23.1 Å². The van der Waals surface area contributed by atoms with Gasteiger partial charge in [0.15, 0.2) is 0 Å². The molecule has 1 aliphatic rings. The zero-order valence-electron chi connectivity index (χ0n) is 9.83. The molecule has 2 rings (SSSR count). The number of allylic oxidation sites excluding steroid dienone is 1. The summed E-state index contributed by atoms with van der Waals surface area (Å²) in [5.74, 6) is 0. The molecule has 0 fully saturated rings. The van der Waals surface area contributed by atoms with Gasteiger partial charge in [0, 0.05) is 5.70 Å². The van der Waals surface area contributed by atoms with E-state index in [4.69, 9.17) is 11.5 Å². The maximum atomic E-state index is 6.39. The van der Waals surface area contributed by atoms with Crippen LogP contribution in [0.5, 0.6) is 0 Å². The molecule has 0 saturated heterocycles. The predicted octanol–water partition coefficient (Wildman–Crippen LogP) is 2.26. The predicted molar refractivity (Wildman–Crippen MR) is 67.8 cm³/mol. The summed E-state index contributed by atoms with van der Waals surface area (Å²) in [7, 11) is 0. The maximum absolute atomic E-state index is 6.39. The highest BCUT2D eigenvalue weighted by molar-refractivity contribution is 5.40. The molecule has 84 valence electrons. The summed E-state index contributed by atoms with van der Waals surface area (Å²) in [6, 6.07) is 6.45. The van der Waals surface area contributed by atoms with Crippen LogP contribution in [0.3, 0.4) is 0 Å². The first kappa shape index (κ1) is 11.0. The van der Waals surface area contributed by atoms with Crippen LogP contribution in [0, 0.1) is 13.8 Å². The number of benzene rings is 1. The van der Waals surface area contributed by atoms with Gasteiger partial charge in [-0.3, -0.25) is 0 Å². The molecule has 0 radical (unpaired) electrons. The second-order valence-electron chi connectivity index (χ2n) is 4.66. The molecule has 1 aromatic carbocycles. The largest absolute Gasteiger partial charge is 0.399 e. The summed E-state index contributed by atoms with van der Waals surface area (Å²) in [5.41, 5.74) is 16.1. The highest BCUT2D eigenvalue weighted by Crippen LogP contribution is 2.29. The van der Waals surface area contributed by atoms with E-state index in [1.807, 2.05) is 18.2 Å². The van der Waals surface area contributed by atoms with Crippen molar-refractivity contribution >= 4 is 0 Å². The lowest BCUT2D eigenvalue weighted by Crippen LogP contribution is -2.35. The monoisotopic (exact) mass is 214 g/mol. The summed E-state index contributed by atoms with van der Waals surface area (Å²) in [6.45, 7) is 4.19. The van der Waals surface area contributed by atoms with Gasteiger partial charge in [0.25, 0.3) is 0 Å². The normalized spacial score (nSPS) is 24.3. The average molecular weight is 214 g/mol. The Kier molecular flexibility index (Phi) is 2.60. The van der Waals surface area contributed by atoms with Crippen molar-refractivity contribution in [3.8, 4) is 0 Å². The molecule has 1 atom stereocenters. The van der Waals surface area contributed by atoms with Crippen molar-refractivity contribution in [1.29, 1.82) is 0 Å². The van der Waals surface area contributed by atoms with Crippen molar-refractivity contribution < 1.29 is 0 Å². The van der Waals surface area contributed by atoms with E-state index in [0.29, 0.717) is 0 Å². The quantitative estimate of drug-likeness (QED) is 0.753. The molecule has 1 aromatic rings. The number of aryl methyl sites for hydroxylation is 2. The zero-order chi connectivity index (χ0) is 11.8. The Morgan fingerprint density at radius 1 is 1.12 bits per heavy atom. The Labute approximate surface area is 96.6 Å². The van der Waals surface area contributed by atoms with Crippen molar-refractivity contribution in [2.45, 2.75) is 25.8 Å². The molecular weight excluding hydrogens is 196 g/mol. The molecule has 2 heteroatoms. The topological polar surface area (TPSA) is 52.0 Å². The number of rotatable bonds is 1. The van der Waals surface area contributed by atoms with Crippen molar-refractivity contribution in [1.82, 2.24) is 0 Å². The highest BCUT2D eigenvalue weighted by atomic mass is 14.7. The summed E-state index contributed by atoms with van der Waals surface area (Å²) in [5, 5.41) is 0. The molecule has 0 bridgehead atoms. The zero-order valence-corrected chi connectivity index (χ0v) is 9.83. The van der Waals surface area contributed by atoms with Gasteiger partial charge in [-0.05, 0) is 31.9 Å². The van der Waals surface area contributed by atoms with Crippen LogP contribution in [-0.2, 0) is 5.54 Å². The second-order valence-corrected chi connectivity index (χ2v) is 4.66. The highest BCUT2D eigenvalue weighted by Gasteiger charge is 2.25. The third-order valence-electron chi connectivity index (χ3n) is 3.01. The fourth-order valence-electron chi connectivity index (χ4n) is 2.13. The van der Waals surface area contributed by atoms with Crippen LogP contribution in [0.2, 0.25) is 0 Å². The van der Waals surface area contributed by atoms with E-state index in [1.54, 1.807) is 0 Å². The van der Waals surface area contributed by atoms with Crippen molar-refractivity contribution in [2.75, 3.05) is 0 Å². The minimum absolute atomic E-state index is 0.403. The molecule has 16 heavy (non-hydrogen) atoms. The molecule has 0 heterocycles. The minimum Gasteiger partial charge on any atom is -0.399 e. The fraction of sp³-hybridized carbons (Fsp3) is 0.286. The molecule has 0 saturated carbocycles.